The fraction of sp³-hybridized carbons (Fsp3) is 0. The van der Waals surface area contributed by atoms with E-state index >= 15 is 0 Å². The van der Waals surface area contributed by atoms with Crippen LogP contribution < -0.4 is 5.73 Å². The van der Waals surface area contributed by atoms with Gasteiger partial charge in [0.1, 0.15) is 0 Å². The van der Waals surface area contributed by atoms with Gasteiger partial charge in [-0.25, -0.2) is 4.99 Å². The summed E-state index contributed by atoms with van der Waals surface area (Å²) < 4.78 is 4.64. The number of benzene rings is 5. The summed E-state index contributed by atoms with van der Waals surface area (Å²) in [5.74, 6) is 0.414. The molecule has 0 aliphatic rings. The van der Waals surface area contributed by atoms with E-state index < -0.39 is 0 Å². The summed E-state index contributed by atoms with van der Waals surface area (Å²) >= 11 is 1.83. The van der Waals surface area contributed by atoms with Crippen LogP contribution in [-0.4, -0.2) is 10.5 Å². The van der Waals surface area contributed by atoms with Crippen LogP contribution in [0.3, 0.4) is 0 Å². The molecule has 3 nitrogen and oxygen atoms in total. The van der Waals surface area contributed by atoms with E-state index in [1.807, 2.05) is 65.9 Å². The molecule has 4 heteroatoms. The molecular formula is C35H25N3S. The number of fused-ring (bicyclic) bond motifs is 7. The highest BCUT2D eigenvalue weighted by molar-refractivity contribution is 7.26. The van der Waals surface area contributed by atoms with Gasteiger partial charge in [-0.1, -0.05) is 110 Å². The Morgan fingerprint density at radius 3 is 2.08 bits per heavy atom. The molecule has 2 N–H and O–H groups in total. The topological polar surface area (TPSA) is 43.3 Å². The second-order valence-electron chi connectivity index (χ2n) is 9.54. The number of hydrogen-bond donors (Lipinski definition) is 1. The summed E-state index contributed by atoms with van der Waals surface area (Å²) in [5.41, 5.74) is 12.6. The summed E-state index contributed by atoms with van der Waals surface area (Å²) in [5, 5.41) is 4.93. The van der Waals surface area contributed by atoms with E-state index in [0.717, 1.165) is 33.4 Å². The maximum atomic E-state index is 6.89. The van der Waals surface area contributed by atoms with Crippen LogP contribution in [0.4, 0.5) is 0 Å². The number of nitrogens with two attached hydrogens (primary N) is 1. The van der Waals surface area contributed by atoms with Crippen molar-refractivity contribution in [2.24, 2.45) is 10.7 Å². The third kappa shape index (κ3) is 3.94. The van der Waals surface area contributed by atoms with Crippen LogP contribution >= 0.6 is 11.3 Å². The largest absolute Gasteiger partial charge is 0.369 e. The molecule has 0 amide bonds. The lowest BCUT2D eigenvalue weighted by Crippen LogP contribution is -2.22. The van der Waals surface area contributed by atoms with Crippen molar-refractivity contribution in [1.82, 2.24) is 4.57 Å². The lowest BCUT2D eigenvalue weighted by Gasteiger charge is -2.10. The van der Waals surface area contributed by atoms with Gasteiger partial charge in [0.15, 0.2) is 0 Å². The Morgan fingerprint density at radius 1 is 0.667 bits per heavy atom. The van der Waals surface area contributed by atoms with Crippen molar-refractivity contribution >= 4 is 70.5 Å². The molecule has 0 aliphatic carbocycles. The molecule has 0 spiro atoms. The Morgan fingerprint density at radius 2 is 1.31 bits per heavy atom. The molecule has 0 aliphatic heterocycles. The third-order valence-corrected chi connectivity index (χ3v) is 8.37. The number of aromatic nitrogens is 1. The first kappa shape index (κ1) is 23.2. The molecule has 0 atom stereocenters. The molecule has 5 aromatic carbocycles. The first-order valence-corrected chi connectivity index (χ1v) is 13.7. The van der Waals surface area contributed by atoms with Crippen LogP contribution in [0.15, 0.2) is 139 Å². The summed E-state index contributed by atoms with van der Waals surface area (Å²) in [7, 11) is 0. The quantitative estimate of drug-likeness (QED) is 0.141. The van der Waals surface area contributed by atoms with Crippen molar-refractivity contribution in [3.63, 3.8) is 0 Å². The molecule has 0 saturated heterocycles. The van der Waals surface area contributed by atoms with Gasteiger partial charge >= 0.3 is 0 Å². The molecule has 7 rings (SSSR count). The van der Waals surface area contributed by atoms with Gasteiger partial charge < -0.3 is 5.73 Å². The van der Waals surface area contributed by atoms with Gasteiger partial charge in [0.2, 0.25) is 5.96 Å². The van der Waals surface area contributed by atoms with Crippen molar-refractivity contribution in [3.8, 4) is 0 Å². The van der Waals surface area contributed by atoms with Crippen LogP contribution in [0.1, 0.15) is 11.1 Å². The molecule has 7 aromatic rings. The SMILES string of the molecule is C=C(/C=C(\N=C(N)n1c2ccccc2c2c3sc4ccccc4c3ccc21)c1ccccc1)c1ccccc1. The van der Waals surface area contributed by atoms with Crippen LogP contribution in [-0.2, 0) is 0 Å². The summed E-state index contributed by atoms with van der Waals surface area (Å²) in [6.07, 6.45) is 2.01. The summed E-state index contributed by atoms with van der Waals surface area (Å²) in [6, 6.07) is 41.7. The second-order valence-corrected chi connectivity index (χ2v) is 10.6. The van der Waals surface area contributed by atoms with E-state index in [0.29, 0.717) is 5.96 Å². The number of nitrogens with zero attached hydrogens (tertiary/aromatic N) is 2. The number of para-hydroxylation sites is 1. The molecular weight excluding hydrogens is 494 g/mol. The molecule has 2 aromatic heterocycles. The number of aliphatic imine (C=N–C) groups is 1. The molecule has 2 heterocycles. The molecule has 0 unspecified atom stereocenters. The highest BCUT2D eigenvalue weighted by Gasteiger charge is 2.18. The fourth-order valence-electron chi connectivity index (χ4n) is 5.34. The number of hydrogen-bond acceptors (Lipinski definition) is 2. The number of allylic oxidation sites excluding steroid dienone is 2. The zero-order valence-corrected chi connectivity index (χ0v) is 22.0. The molecule has 0 saturated carbocycles. The maximum absolute atomic E-state index is 6.89. The molecule has 39 heavy (non-hydrogen) atoms. The van der Waals surface area contributed by atoms with Crippen LogP contribution in [0.25, 0.3) is 53.2 Å². The normalized spacial score (nSPS) is 12.6. The summed E-state index contributed by atoms with van der Waals surface area (Å²) in [6.45, 7) is 4.32. The lowest BCUT2D eigenvalue weighted by atomic mass is 10.0. The van der Waals surface area contributed by atoms with Crippen LogP contribution in [0.2, 0.25) is 0 Å². The van der Waals surface area contributed by atoms with Gasteiger partial charge in [-0.2, -0.15) is 0 Å². The standard InChI is InChI=1S/C35H25N3S/c1-23(24-12-4-2-5-13-24)22-29(25-14-6-3-7-15-25)37-35(36)38-30-18-10-8-17-28(30)33-31(38)21-20-27-26-16-9-11-19-32(26)39-34(27)33/h2-22H,1H2,(H2,36,37)/b29-22-. The Kier molecular flexibility index (Phi) is 5.61. The monoisotopic (exact) mass is 519 g/mol. The zero-order valence-electron chi connectivity index (χ0n) is 21.2. The predicted octanol–water partition coefficient (Wildman–Crippen LogP) is 9.08. The van der Waals surface area contributed by atoms with E-state index in [1.165, 1.54) is 30.9 Å². The Hall–Kier alpha value is -4.93. The number of thiophene rings is 1. The Labute approximate surface area is 230 Å². The third-order valence-electron chi connectivity index (χ3n) is 7.17. The van der Waals surface area contributed by atoms with Gasteiger partial charge in [-0.05, 0) is 35.4 Å². The van der Waals surface area contributed by atoms with Crippen molar-refractivity contribution in [2.75, 3.05) is 0 Å². The van der Waals surface area contributed by atoms with Crippen LogP contribution in [0.5, 0.6) is 0 Å². The van der Waals surface area contributed by atoms with E-state index in [-0.39, 0.29) is 0 Å². The smallest absolute Gasteiger partial charge is 0.205 e. The average Bonchev–Trinajstić information content (AvgIpc) is 3.53. The van der Waals surface area contributed by atoms with Crippen molar-refractivity contribution in [3.05, 3.63) is 145 Å². The highest BCUT2D eigenvalue weighted by Crippen LogP contribution is 2.42. The lowest BCUT2D eigenvalue weighted by molar-refractivity contribution is 1.22. The minimum Gasteiger partial charge on any atom is -0.369 e. The zero-order chi connectivity index (χ0) is 26.3. The summed E-state index contributed by atoms with van der Waals surface area (Å²) in [4.78, 5) is 5.04. The van der Waals surface area contributed by atoms with Gasteiger partial charge in [0.25, 0.3) is 0 Å². The van der Waals surface area contributed by atoms with Gasteiger partial charge in [-0.3, -0.25) is 4.57 Å². The molecule has 186 valence electrons. The minimum absolute atomic E-state index is 0.414. The van der Waals surface area contributed by atoms with Gasteiger partial charge in [-0.15, -0.1) is 11.3 Å². The second kappa shape index (κ2) is 9.43. The predicted molar refractivity (Wildman–Crippen MR) is 169 cm³/mol. The first-order valence-electron chi connectivity index (χ1n) is 12.9. The van der Waals surface area contributed by atoms with Crippen molar-refractivity contribution in [1.29, 1.82) is 0 Å². The first-order chi connectivity index (χ1) is 19.2. The molecule has 0 radical (unpaired) electrons. The minimum atomic E-state index is 0.414. The molecule has 0 bridgehead atoms. The van der Waals surface area contributed by atoms with Gasteiger partial charge in [0.05, 0.1) is 16.7 Å². The average molecular weight is 520 g/mol. The van der Waals surface area contributed by atoms with Crippen molar-refractivity contribution < 1.29 is 0 Å². The maximum Gasteiger partial charge on any atom is 0.205 e. The van der Waals surface area contributed by atoms with Crippen molar-refractivity contribution in [2.45, 2.75) is 0 Å². The number of rotatable bonds is 4. The Balaban J connectivity index is 1.47. The van der Waals surface area contributed by atoms with E-state index in [2.05, 4.69) is 83.9 Å². The van der Waals surface area contributed by atoms with E-state index in [1.54, 1.807) is 0 Å². The molecule has 0 fully saturated rings. The van der Waals surface area contributed by atoms with Crippen LogP contribution in [0, 0.1) is 0 Å². The Bertz CT molecular complexity index is 2080. The van der Waals surface area contributed by atoms with E-state index in [4.69, 9.17) is 10.7 Å². The van der Waals surface area contributed by atoms with Gasteiger partial charge in [0, 0.05) is 36.5 Å². The highest BCUT2D eigenvalue weighted by atomic mass is 32.1. The fourth-order valence-corrected chi connectivity index (χ4v) is 6.60. The van der Waals surface area contributed by atoms with E-state index in [9.17, 15) is 0 Å².